The van der Waals surface area contributed by atoms with E-state index in [4.69, 9.17) is 9.78 Å². The molecule has 0 radical (unpaired) electrons. The maximum atomic E-state index is 12.7. The van der Waals surface area contributed by atoms with Crippen LogP contribution in [0.2, 0.25) is 0 Å². The van der Waals surface area contributed by atoms with Crippen molar-refractivity contribution in [2.45, 2.75) is 25.8 Å². The number of pyridine rings is 1. The number of likely N-dealkylation sites (N-methyl/N-ethyl adjacent to an activating group) is 1. The van der Waals surface area contributed by atoms with Crippen molar-refractivity contribution < 1.29 is 9.32 Å². The highest BCUT2D eigenvalue weighted by Crippen LogP contribution is 2.32. The number of hydrogen-bond donors (Lipinski definition) is 0. The summed E-state index contributed by atoms with van der Waals surface area (Å²) in [4.78, 5) is 20.5. The van der Waals surface area contributed by atoms with Crippen molar-refractivity contribution in [3.05, 3.63) is 41.4 Å². The second-order valence-corrected chi connectivity index (χ2v) is 5.99. The predicted molar refractivity (Wildman–Crippen MR) is 87.2 cm³/mol. The normalized spacial score (nSPS) is 16.9. The van der Waals surface area contributed by atoms with Crippen LogP contribution in [-0.4, -0.2) is 41.1 Å². The van der Waals surface area contributed by atoms with Crippen molar-refractivity contribution in [2.75, 3.05) is 25.0 Å². The maximum Gasteiger partial charge on any atom is 0.242 e. The molecule has 124 valence electrons. The first-order valence-electron chi connectivity index (χ1n) is 7.88. The fraction of sp³-hybridized carbons (Fsp3) is 0.412. The van der Waals surface area contributed by atoms with Crippen molar-refractivity contribution in [1.82, 2.24) is 15.0 Å². The summed E-state index contributed by atoms with van der Waals surface area (Å²) in [5.74, 6) is 1.44. The van der Waals surface area contributed by atoms with Crippen LogP contribution in [0.1, 0.15) is 35.9 Å². The molecule has 0 spiro atoms. The first-order chi connectivity index (χ1) is 11.6. The zero-order valence-corrected chi connectivity index (χ0v) is 13.8. The summed E-state index contributed by atoms with van der Waals surface area (Å²) in [5.41, 5.74) is 1.32. The minimum Gasteiger partial charge on any atom is -0.359 e. The quantitative estimate of drug-likeness (QED) is 0.855. The van der Waals surface area contributed by atoms with Crippen LogP contribution in [0.5, 0.6) is 0 Å². The Balaban J connectivity index is 1.68. The van der Waals surface area contributed by atoms with Crippen LogP contribution in [0, 0.1) is 18.3 Å². The minimum atomic E-state index is -0.0407. The highest BCUT2D eigenvalue weighted by atomic mass is 16.5. The van der Waals surface area contributed by atoms with Crippen molar-refractivity contribution in [1.29, 1.82) is 5.26 Å². The number of anilines is 1. The number of nitriles is 1. The number of aromatic nitrogens is 2. The van der Waals surface area contributed by atoms with Gasteiger partial charge in [0.15, 0.2) is 5.76 Å². The Morgan fingerprint density at radius 3 is 3.00 bits per heavy atom. The molecule has 1 aliphatic heterocycles. The van der Waals surface area contributed by atoms with Gasteiger partial charge in [-0.2, -0.15) is 5.26 Å². The molecule has 3 heterocycles. The average molecular weight is 325 g/mol. The van der Waals surface area contributed by atoms with Gasteiger partial charge in [-0.1, -0.05) is 5.16 Å². The zero-order valence-electron chi connectivity index (χ0n) is 13.8. The number of carbonyl (C=O) groups excluding carboxylic acids is 1. The number of carbonyl (C=O) groups is 1. The molecule has 3 rings (SSSR count). The Morgan fingerprint density at radius 1 is 1.54 bits per heavy atom. The first-order valence-corrected chi connectivity index (χ1v) is 7.88. The van der Waals surface area contributed by atoms with Crippen LogP contribution >= 0.6 is 0 Å². The molecule has 7 nitrogen and oxygen atoms in total. The number of amides is 1. The van der Waals surface area contributed by atoms with E-state index < -0.39 is 0 Å². The highest BCUT2D eigenvalue weighted by molar-refractivity contribution is 5.81. The molecule has 1 fully saturated rings. The molecule has 0 N–H and O–H groups in total. The van der Waals surface area contributed by atoms with E-state index in [0.717, 1.165) is 30.8 Å². The lowest BCUT2D eigenvalue weighted by atomic mass is 10.1. The summed E-state index contributed by atoms with van der Waals surface area (Å²) in [5, 5.41) is 12.7. The lowest BCUT2D eigenvalue weighted by molar-refractivity contribution is -0.130. The minimum absolute atomic E-state index is 0.0280. The fourth-order valence-corrected chi connectivity index (χ4v) is 2.95. The van der Waals surface area contributed by atoms with E-state index in [2.05, 4.69) is 10.1 Å². The van der Waals surface area contributed by atoms with Crippen LogP contribution in [0.4, 0.5) is 5.82 Å². The van der Waals surface area contributed by atoms with Crippen LogP contribution in [0.15, 0.2) is 28.9 Å². The topological polar surface area (TPSA) is 86.3 Å². The van der Waals surface area contributed by atoms with E-state index in [1.165, 1.54) is 6.20 Å². The molecule has 1 saturated heterocycles. The fourth-order valence-electron chi connectivity index (χ4n) is 2.95. The molecule has 2 aromatic rings. The molecule has 0 aliphatic carbocycles. The predicted octanol–water partition coefficient (Wildman–Crippen LogP) is 2.05. The molecule has 0 unspecified atom stereocenters. The number of nitrogens with zero attached hydrogens (tertiary/aromatic N) is 5. The molecule has 1 atom stereocenters. The Labute approximate surface area is 140 Å². The Bertz CT molecular complexity index is 762. The Morgan fingerprint density at radius 2 is 2.38 bits per heavy atom. The van der Waals surface area contributed by atoms with Gasteiger partial charge >= 0.3 is 0 Å². The number of hydrogen-bond acceptors (Lipinski definition) is 6. The van der Waals surface area contributed by atoms with E-state index in [1.54, 1.807) is 17.0 Å². The van der Waals surface area contributed by atoms with E-state index in [9.17, 15) is 4.79 Å². The van der Waals surface area contributed by atoms with Crippen LogP contribution in [0.3, 0.4) is 0 Å². The van der Waals surface area contributed by atoms with Gasteiger partial charge in [0.1, 0.15) is 11.9 Å². The van der Waals surface area contributed by atoms with Crippen molar-refractivity contribution in [2.24, 2.45) is 0 Å². The second kappa shape index (κ2) is 6.71. The van der Waals surface area contributed by atoms with E-state index in [1.807, 2.05) is 31.0 Å². The molecular formula is C17H19N5O2. The zero-order chi connectivity index (χ0) is 17.1. The van der Waals surface area contributed by atoms with Crippen molar-refractivity contribution in [3.63, 3.8) is 0 Å². The van der Waals surface area contributed by atoms with Crippen LogP contribution in [0.25, 0.3) is 0 Å². The van der Waals surface area contributed by atoms with Gasteiger partial charge in [-0.15, -0.1) is 0 Å². The van der Waals surface area contributed by atoms with Gasteiger partial charge in [0.05, 0.1) is 23.8 Å². The van der Waals surface area contributed by atoms with Crippen LogP contribution in [-0.2, 0) is 4.79 Å². The lowest BCUT2D eigenvalue weighted by Crippen LogP contribution is -2.38. The third kappa shape index (κ3) is 3.23. The van der Waals surface area contributed by atoms with Crippen LogP contribution < -0.4 is 4.90 Å². The average Bonchev–Trinajstić information content (AvgIpc) is 3.23. The number of likely N-dealkylation sites (tertiary alicyclic amines) is 1. The van der Waals surface area contributed by atoms with E-state index in [-0.39, 0.29) is 18.5 Å². The monoisotopic (exact) mass is 325 g/mol. The van der Waals surface area contributed by atoms with Gasteiger partial charge in [-0.3, -0.25) is 4.79 Å². The van der Waals surface area contributed by atoms with Gasteiger partial charge < -0.3 is 14.3 Å². The molecular weight excluding hydrogens is 306 g/mol. The Hall–Kier alpha value is -2.88. The van der Waals surface area contributed by atoms with E-state index in [0.29, 0.717) is 11.4 Å². The smallest absolute Gasteiger partial charge is 0.242 e. The summed E-state index contributed by atoms with van der Waals surface area (Å²) in [6.45, 7) is 2.82. The first kappa shape index (κ1) is 16.0. The van der Waals surface area contributed by atoms with Gasteiger partial charge in [-0.05, 0) is 31.9 Å². The second-order valence-electron chi connectivity index (χ2n) is 5.99. The molecule has 2 aromatic heterocycles. The SMILES string of the molecule is Cc1cc([C@H]2CCCN2C(=O)CN(C)c2ccc(C#N)cn2)on1. The molecule has 7 heteroatoms. The standard InChI is InChI=1S/C17H19N5O2/c1-12-8-15(24-20-12)14-4-3-7-22(14)17(23)11-21(2)16-6-5-13(9-18)10-19-16/h5-6,8,10,14H,3-4,7,11H2,1-2H3/t14-/m1/s1. The molecule has 0 bridgehead atoms. The summed E-state index contributed by atoms with van der Waals surface area (Å²) >= 11 is 0. The van der Waals surface area contributed by atoms with Gasteiger partial charge in [-0.25, -0.2) is 4.98 Å². The lowest BCUT2D eigenvalue weighted by Gasteiger charge is -2.26. The van der Waals surface area contributed by atoms with Gasteiger partial charge in [0, 0.05) is 25.9 Å². The largest absolute Gasteiger partial charge is 0.359 e. The van der Waals surface area contributed by atoms with Gasteiger partial charge in [0.25, 0.3) is 0 Å². The maximum absolute atomic E-state index is 12.7. The summed E-state index contributed by atoms with van der Waals surface area (Å²) < 4.78 is 5.34. The van der Waals surface area contributed by atoms with Gasteiger partial charge in [0.2, 0.25) is 5.91 Å². The molecule has 0 saturated carbocycles. The van der Waals surface area contributed by atoms with Crippen molar-refractivity contribution in [3.8, 4) is 6.07 Å². The Kier molecular flexibility index (Phi) is 4.47. The third-order valence-electron chi connectivity index (χ3n) is 4.19. The summed E-state index contributed by atoms with van der Waals surface area (Å²) in [6, 6.07) is 7.32. The molecule has 0 aromatic carbocycles. The summed E-state index contributed by atoms with van der Waals surface area (Å²) in [6.07, 6.45) is 3.35. The van der Waals surface area contributed by atoms with E-state index >= 15 is 0 Å². The highest BCUT2D eigenvalue weighted by Gasteiger charge is 2.32. The third-order valence-corrected chi connectivity index (χ3v) is 4.19. The molecule has 1 aliphatic rings. The van der Waals surface area contributed by atoms with Crippen molar-refractivity contribution >= 4 is 11.7 Å². The molecule has 24 heavy (non-hydrogen) atoms. The summed E-state index contributed by atoms with van der Waals surface area (Å²) in [7, 11) is 1.82. The molecule has 1 amide bonds. The number of rotatable bonds is 4. The number of aryl methyl sites for hydroxylation is 1.